The van der Waals surface area contributed by atoms with Crippen molar-refractivity contribution in [1.82, 2.24) is 9.80 Å². The van der Waals surface area contributed by atoms with Gasteiger partial charge in [-0.3, -0.25) is 4.79 Å². The van der Waals surface area contributed by atoms with Crippen LogP contribution in [0.1, 0.15) is 19.8 Å². The molecule has 1 rings (SSSR count). The van der Waals surface area contributed by atoms with Crippen molar-refractivity contribution >= 4 is 12.0 Å². The number of hydrogen-bond acceptors (Lipinski definition) is 3. The number of likely N-dealkylation sites (N-methyl/N-ethyl adjacent to an activating group) is 1. The normalized spacial score (nSPS) is 25.3. The van der Waals surface area contributed by atoms with Crippen molar-refractivity contribution in [2.24, 2.45) is 0 Å². The summed E-state index contributed by atoms with van der Waals surface area (Å²) >= 11 is 0. The van der Waals surface area contributed by atoms with Gasteiger partial charge in [-0.15, -0.1) is 0 Å². The SMILES string of the molecule is CN(CC(=O)O)C(=O)N1CCCC(C)(O)C1. The van der Waals surface area contributed by atoms with Crippen LogP contribution in [0.25, 0.3) is 0 Å². The predicted molar refractivity (Wildman–Crippen MR) is 57.1 cm³/mol. The van der Waals surface area contributed by atoms with Gasteiger partial charge in [0.2, 0.25) is 0 Å². The van der Waals surface area contributed by atoms with Crippen molar-refractivity contribution in [1.29, 1.82) is 0 Å². The summed E-state index contributed by atoms with van der Waals surface area (Å²) in [5.41, 5.74) is -0.863. The molecule has 0 bridgehead atoms. The first-order valence-corrected chi connectivity index (χ1v) is 5.26. The maximum Gasteiger partial charge on any atom is 0.323 e. The van der Waals surface area contributed by atoms with Gasteiger partial charge in [-0.2, -0.15) is 0 Å². The highest BCUT2D eigenvalue weighted by molar-refractivity contribution is 5.80. The molecule has 92 valence electrons. The number of rotatable bonds is 2. The van der Waals surface area contributed by atoms with E-state index in [9.17, 15) is 14.7 Å². The molecule has 0 aliphatic carbocycles. The van der Waals surface area contributed by atoms with E-state index in [0.29, 0.717) is 13.0 Å². The molecule has 6 heteroatoms. The van der Waals surface area contributed by atoms with Crippen molar-refractivity contribution in [3.63, 3.8) is 0 Å². The van der Waals surface area contributed by atoms with Gasteiger partial charge in [0.1, 0.15) is 6.54 Å². The molecule has 1 aliphatic heterocycles. The fourth-order valence-corrected chi connectivity index (χ4v) is 1.90. The van der Waals surface area contributed by atoms with Gasteiger partial charge in [0.05, 0.1) is 12.1 Å². The van der Waals surface area contributed by atoms with Crippen LogP contribution < -0.4 is 0 Å². The number of hydrogen-bond donors (Lipinski definition) is 2. The van der Waals surface area contributed by atoms with E-state index in [1.54, 1.807) is 6.92 Å². The minimum Gasteiger partial charge on any atom is -0.480 e. The summed E-state index contributed by atoms with van der Waals surface area (Å²) in [7, 11) is 1.44. The molecule has 0 aromatic rings. The lowest BCUT2D eigenvalue weighted by atomic mass is 9.95. The van der Waals surface area contributed by atoms with Crippen LogP contribution in [0.4, 0.5) is 4.79 Å². The van der Waals surface area contributed by atoms with Crippen LogP contribution in [0, 0.1) is 0 Å². The van der Waals surface area contributed by atoms with Crippen LogP contribution in [0.5, 0.6) is 0 Å². The van der Waals surface area contributed by atoms with Gasteiger partial charge in [-0.05, 0) is 19.8 Å². The van der Waals surface area contributed by atoms with E-state index in [0.717, 1.165) is 11.3 Å². The second-order valence-corrected chi connectivity index (χ2v) is 4.55. The van der Waals surface area contributed by atoms with E-state index < -0.39 is 11.6 Å². The molecule has 1 unspecified atom stereocenters. The molecule has 16 heavy (non-hydrogen) atoms. The third-order valence-corrected chi connectivity index (χ3v) is 2.64. The Morgan fingerprint density at radius 1 is 1.50 bits per heavy atom. The molecule has 1 atom stereocenters. The number of nitrogens with zero attached hydrogens (tertiary/aromatic N) is 2. The fraction of sp³-hybridized carbons (Fsp3) is 0.800. The average Bonchev–Trinajstić information content (AvgIpc) is 2.13. The van der Waals surface area contributed by atoms with Crippen LogP contribution in [-0.4, -0.2) is 64.3 Å². The van der Waals surface area contributed by atoms with Crippen molar-refractivity contribution in [2.75, 3.05) is 26.7 Å². The lowest BCUT2D eigenvalue weighted by Crippen LogP contribution is -2.52. The zero-order valence-electron chi connectivity index (χ0n) is 9.64. The third-order valence-electron chi connectivity index (χ3n) is 2.64. The Labute approximate surface area is 94.4 Å². The highest BCUT2D eigenvalue weighted by atomic mass is 16.4. The lowest BCUT2D eigenvalue weighted by Gasteiger charge is -2.38. The highest BCUT2D eigenvalue weighted by Gasteiger charge is 2.32. The van der Waals surface area contributed by atoms with Crippen LogP contribution in [0.15, 0.2) is 0 Å². The molecule has 0 radical (unpaired) electrons. The van der Waals surface area contributed by atoms with Crippen LogP contribution >= 0.6 is 0 Å². The molecule has 1 heterocycles. The summed E-state index contributed by atoms with van der Waals surface area (Å²) in [6.07, 6.45) is 1.40. The number of carboxylic acid groups (broad SMARTS) is 1. The van der Waals surface area contributed by atoms with E-state index in [1.807, 2.05) is 0 Å². The van der Waals surface area contributed by atoms with Crippen LogP contribution in [-0.2, 0) is 4.79 Å². The lowest BCUT2D eigenvalue weighted by molar-refractivity contribution is -0.137. The molecular weight excluding hydrogens is 212 g/mol. The minimum atomic E-state index is -1.04. The van der Waals surface area contributed by atoms with Crippen LogP contribution in [0.3, 0.4) is 0 Å². The summed E-state index contributed by atoms with van der Waals surface area (Å²) in [6, 6.07) is -0.345. The van der Waals surface area contributed by atoms with Crippen LogP contribution in [0.2, 0.25) is 0 Å². The minimum absolute atomic E-state index is 0.260. The number of aliphatic hydroxyl groups is 1. The smallest absolute Gasteiger partial charge is 0.323 e. The Balaban J connectivity index is 2.56. The molecule has 0 aromatic heterocycles. The molecule has 6 nitrogen and oxygen atoms in total. The second-order valence-electron chi connectivity index (χ2n) is 4.55. The van der Waals surface area contributed by atoms with E-state index >= 15 is 0 Å². The quantitative estimate of drug-likeness (QED) is 0.698. The molecule has 0 spiro atoms. The van der Waals surface area contributed by atoms with Gasteiger partial charge < -0.3 is 20.0 Å². The second kappa shape index (κ2) is 4.69. The summed E-state index contributed by atoms with van der Waals surface area (Å²) in [6.45, 7) is 2.19. The highest BCUT2D eigenvalue weighted by Crippen LogP contribution is 2.20. The first-order valence-electron chi connectivity index (χ1n) is 5.26. The van der Waals surface area contributed by atoms with Gasteiger partial charge in [-0.25, -0.2) is 4.79 Å². The Hall–Kier alpha value is -1.30. The van der Waals surface area contributed by atoms with Gasteiger partial charge in [0, 0.05) is 13.6 Å². The van der Waals surface area contributed by atoms with Gasteiger partial charge in [-0.1, -0.05) is 0 Å². The molecule has 0 saturated carbocycles. The monoisotopic (exact) mass is 230 g/mol. The number of β-amino-alcohol motifs (C(OH)–C–C–N with tert-alkyl or cyclic N) is 1. The van der Waals surface area contributed by atoms with Gasteiger partial charge in [0.25, 0.3) is 0 Å². The molecule has 1 saturated heterocycles. The van der Waals surface area contributed by atoms with Crippen molar-refractivity contribution < 1.29 is 19.8 Å². The number of piperidine rings is 1. The molecule has 1 fully saturated rings. The first-order chi connectivity index (χ1) is 7.32. The topological polar surface area (TPSA) is 81.1 Å². The third kappa shape index (κ3) is 3.37. The van der Waals surface area contributed by atoms with Gasteiger partial charge in [0.15, 0.2) is 0 Å². The number of aliphatic carboxylic acids is 1. The standard InChI is InChI=1S/C10H18N2O4/c1-10(16)4-3-5-12(7-10)9(15)11(2)6-8(13)14/h16H,3-7H2,1-2H3,(H,13,14). The number of carbonyl (C=O) groups is 2. The summed E-state index contributed by atoms with van der Waals surface area (Å²) < 4.78 is 0. The number of likely N-dealkylation sites (tertiary alicyclic amines) is 1. The van der Waals surface area contributed by atoms with Gasteiger partial charge >= 0.3 is 12.0 Å². The largest absolute Gasteiger partial charge is 0.480 e. The first kappa shape index (κ1) is 12.8. The zero-order valence-corrected chi connectivity index (χ0v) is 9.64. The predicted octanol–water partition coefficient (Wildman–Crippen LogP) is -0.0304. The van der Waals surface area contributed by atoms with E-state index in [4.69, 9.17) is 5.11 Å². The molecule has 2 amide bonds. The maximum absolute atomic E-state index is 11.8. The molecule has 1 aliphatic rings. The fourth-order valence-electron chi connectivity index (χ4n) is 1.90. The van der Waals surface area contributed by atoms with E-state index in [-0.39, 0.29) is 19.1 Å². The van der Waals surface area contributed by atoms with E-state index in [2.05, 4.69) is 0 Å². The van der Waals surface area contributed by atoms with Crippen molar-refractivity contribution in [3.8, 4) is 0 Å². The summed E-state index contributed by atoms with van der Waals surface area (Å²) in [5, 5.41) is 18.4. The summed E-state index contributed by atoms with van der Waals surface area (Å²) in [4.78, 5) is 24.9. The number of amides is 2. The molecule has 2 N–H and O–H groups in total. The summed E-state index contributed by atoms with van der Waals surface area (Å²) in [5.74, 6) is -1.04. The number of carboxylic acids is 1. The Kier molecular flexibility index (Phi) is 3.74. The Morgan fingerprint density at radius 3 is 2.62 bits per heavy atom. The number of carbonyl (C=O) groups excluding carboxylic acids is 1. The van der Waals surface area contributed by atoms with Crippen molar-refractivity contribution in [2.45, 2.75) is 25.4 Å². The maximum atomic E-state index is 11.8. The van der Waals surface area contributed by atoms with E-state index in [1.165, 1.54) is 11.9 Å². The zero-order chi connectivity index (χ0) is 12.3. The molecule has 0 aromatic carbocycles. The number of urea groups is 1. The molecular formula is C10H18N2O4. The van der Waals surface area contributed by atoms with Crippen molar-refractivity contribution in [3.05, 3.63) is 0 Å². The average molecular weight is 230 g/mol. The Bertz CT molecular complexity index is 291. The Morgan fingerprint density at radius 2 is 2.12 bits per heavy atom.